The normalized spacial score (nSPS) is 12.0. The van der Waals surface area contributed by atoms with Crippen LogP contribution in [-0.2, 0) is 22.7 Å². The molecule has 0 aliphatic heterocycles. The Labute approximate surface area is 146 Å². The van der Waals surface area contributed by atoms with Crippen LogP contribution in [0.2, 0.25) is 0 Å². The molecule has 2 rings (SSSR count). The van der Waals surface area contributed by atoms with Crippen molar-refractivity contribution >= 4 is 11.8 Å². The molecule has 0 saturated heterocycles. The lowest BCUT2D eigenvalue weighted by molar-refractivity contribution is -0.127. The molecular weight excluding hydrogens is 320 g/mol. The van der Waals surface area contributed by atoms with Crippen molar-refractivity contribution in [3.8, 4) is 0 Å². The number of benzene rings is 1. The van der Waals surface area contributed by atoms with Crippen LogP contribution in [0.25, 0.3) is 0 Å². The van der Waals surface area contributed by atoms with Crippen LogP contribution in [0, 0.1) is 5.92 Å². The highest BCUT2D eigenvalue weighted by atomic mass is 16.2. The lowest BCUT2D eigenvalue weighted by atomic mass is 10.1. The SMILES string of the molecule is CC(C)[C@H](N)C(=O)NCC(=O)NCc1ccccc1Cn1cncn1. The van der Waals surface area contributed by atoms with Gasteiger partial charge in [0.25, 0.3) is 0 Å². The summed E-state index contributed by atoms with van der Waals surface area (Å²) in [5.41, 5.74) is 7.76. The molecule has 2 aromatic rings. The van der Waals surface area contributed by atoms with E-state index in [9.17, 15) is 9.59 Å². The first-order chi connectivity index (χ1) is 12.0. The molecule has 25 heavy (non-hydrogen) atoms. The van der Waals surface area contributed by atoms with Gasteiger partial charge in [-0.05, 0) is 17.0 Å². The molecule has 1 atom stereocenters. The van der Waals surface area contributed by atoms with E-state index in [-0.39, 0.29) is 24.3 Å². The average molecular weight is 344 g/mol. The number of aromatic nitrogens is 3. The first-order valence-corrected chi connectivity index (χ1v) is 8.16. The Hall–Kier alpha value is -2.74. The average Bonchev–Trinajstić information content (AvgIpc) is 3.11. The highest BCUT2D eigenvalue weighted by Gasteiger charge is 2.17. The quantitative estimate of drug-likeness (QED) is 0.625. The number of amides is 2. The van der Waals surface area contributed by atoms with E-state index in [0.717, 1.165) is 11.1 Å². The number of nitrogens with two attached hydrogens (primary N) is 1. The molecule has 0 unspecified atom stereocenters. The van der Waals surface area contributed by atoms with Gasteiger partial charge in [0.2, 0.25) is 11.8 Å². The summed E-state index contributed by atoms with van der Waals surface area (Å²) < 4.78 is 1.72. The number of carbonyl (C=O) groups excluding carboxylic acids is 2. The van der Waals surface area contributed by atoms with Gasteiger partial charge in [-0.2, -0.15) is 5.10 Å². The highest BCUT2D eigenvalue weighted by molar-refractivity contribution is 5.87. The molecule has 0 aliphatic rings. The largest absolute Gasteiger partial charge is 0.350 e. The van der Waals surface area contributed by atoms with Crippen molar-refractivity contribution in [2.24, 2.45) is 11.7 Å². The Bertz CT molecular complexity index is 699. The van der Waals surface area contributed by atoms with Crippen LogP contribution >= 0.6 is 0 Å². The number of nitrogens with one attached hydrogen (secondary N) is 2. The summed E-state index contributed by atoms with van der Waals surface area (Å²) in [5, 5.41) is 9.44. The third-order valence-electron chi connectivity index (χ3n) is 3.84. The number of carbonyl (C=O) groups is 2. The first-order valence-electron chi connectivity index (χ1n) is 8.16. The standard InChI is InChI=1S/C17H24N6O2/c1-12(2)16(18)17(25)21-8-15(24)20-7-13-5-3-4-6-14(13)9-23-11-19-10-22-23/h3-6,10-12,16H,7-9,18H2,1-2H3,(H,20,24)(H,21,25)/t16-/m0/s1. The fraction of sp³-hybridized carbons (Fsp3) is 0.412. The van der Waals surface area contributed by atoms with Crippen molar-refractivity contribution in [1.29, 1.82) is 0 Å². The van der Waals surface area contributed by atoms with Crippen molar-refractivity contribution in [3.05, 3.63) is 48.0 Å². The van der Waals surface area contributed by atoms with Crippen molar-refractivity contribution in [1.82, 2.24) is 25.4 Å². The van der Waals surface area contributed by atoms with E-state index in [0.29, 0.717) is 13.1 Å². The minimum atomic E-state index is -0.615. The summed E-state index contributed by atoms with van der Waals surface area (Å²) in [6, 6.07) is 7.16. The molecule has 4 N–H and O–H groups in total. The lowest BCUT2D eigenvalue weighted by Gasteiger charge is -2.15. The smallest absolute Gasteiger partial charge is 0.239 e. The number of nitrogens with zero attached hydrogens (tertiary/aromatic N) is 3. The van der Waals surface area contributed by atoms with Gasteiger partial charge >= 0.3 is 0 Å². The summed E-state index contributed by atoms with van der Waals surface area (Å²) in [4.78, 5) is 27.6. The summed E-state index contributed by atoms with van der Waals surface area (Å²) in [5.74, 6) is -0.566. The van der Waals surface area contributed by atoms with Crippen molar-refractivity contribution in [2.45, 2.75) is 33.0 Å². The second-order valence-electron chi connectivity index (χ2n) is 6.13. The van der Waals surface area contributed by atoms with Crippen molar-refractivity contribution < 1.29 is 9.59 Å². The molecule has 8 nitrogen and oxygen atoms in total. The second kappa shape index (κ2) is 8.93. The summed E-state index contributed by atoms with van der Waals surface area (Å²) in [6.07, 6.45) is 3.12. The summed E-state index contributed by atoms with van der Waals surface area (Å²) in [6.45, 7) is 4.57. The summed E-state index contributed by atoms with van der Waals surface area (Å²) in [7, 11) is 0. The molecule has 1 heterocycles. The minimum absolute atomic E-state index is 0.0201. The molecule has 8 heteroatoms. The third-order valence-corrected chi connectivity index (χ3v) is 3.84. The molecule has 0 aliphatic carbocycles. The van der Waals surface area contributed by atoms with Gasteiger partial charge in [-0.1, -0.05) is 38.1 Å². The Kier molecular flexibility index (Phi) is 6.64. The fourth-order valence-electron chi connectivity index (χ4n) is 2.22. The molecule has 0 radical (unpaired) electrons. The van der Waals surface area contributed by atoms with Crippen molar-refractivity contribution in [3.63, 3.8) is 0 Å². The van der Waals surface area contributed by atoms with Crippen molar-refractivity contribution in [2.75, 3.05) is 6.54 Å². The predicted octanol–water partition coefficient (Wildman–Crippen LogP) is 0.0421. The first kappa shape index (κ1) is 18.6. The van der Waals surface area contributed by atoms with E-state index >= 15 is 0 Å². The Morgan fingerprint density at radius 2 is 1.92 bits per heavy atom. The molecule has 0 spiro atoms. The van der Waals surface area contributed by atoms with Gasteiger partial charge < -0.3 is 16.4 Å². The molecule has 0 saturated carbocycles. The lowest BCUT2D eigenvalue weighted by Crippen LogP contribution is -2.47. The van der Waals surface area contributed by atoms with Crippen LogP contribution in [0.15, 0.2) is 36.9 Å². The predicted molar refractivity (Wildman–Crippen MR) is 93.2 cm³/mol. The molecule has 1 aromatic heterocycles. The molecule has 2 amide bonds. The maximum Gasteiger partial charge on any atom is 0.239 e. The molecular formula is C17H24N6O2. The molecule has 134 valence electrons. The monoisotopic (exact) mass is 344 g/mol. The van der Waals surface area contributed by atoms with Gasteiger partial charge in [-0.15, -0.1) is 0 Å². The van der Waals surface area contributed by atoms with E-state index in [1.165, 1.54) is 6.33 Å². The van der Waals surface area contributed by atoms with Gasteiger partial charge in [-0.3, -0.25) is 9.59 Å². The van der Waals surface area contributed by atoms with Crippen LogP contribution in [0.1, 0.15) is 25.0 Å². The van der Waals surface area contributed by atoms with Crippen LogP contribution in [0.4, 0.5) is 0 Å². The zero-order valence-corrected chi connectivity index (χ0v) is 14.5. The Morgan fingerprint density at radius 3 is 2.56 bits per heavy atom. The van der Waals surface area contributed by atoms with Gasteiger partial charge in [-0.25, -0.2) is 9.67 Å². The van der Waals surface area contributed by atoms with E-state index < -0.39 is 6.04 Å². The maximum atomic E-state index is 11.9. The zero-order chi connectivity index (χ0) is 18.2. The fourth-order valence-corrected chi connectivity index (χ4v) is 2.22. The van der Waals surface area contributed by atoms with Gasteiger partial charge in [0.1, 0.15) is 12.7 Å². The second-order valence-corrected chi connectivity index (χ2v) is 6.13. The van der Waals surface area contributed by atoms with Crippen LogP contribution in [0.3, 0.4) is 0 Å². The highest BCUT2D eigenvalue weighted by Crippen LogP contribution is 2.09. The van der Waals surface area contributed by atoms with Gasteiger partial charge in [0, 0.05) is 6.54 Å². The molecule has 0 fully saturated rings. The third kappa shape index (κ3) is 5.68. The molecule has 0 bridgehead atoms. The van der Waals surface area contributed by atoms with Crippen LogP contribution in [-0.4, -0.2) is 39.2 Å². The van der Waals surface area contributed by atoms with E-state index in [2.05, 4.69) is 20.7 Å². The van der Waals surface area contributed by atoms with Gasteiger partial charge in [0.15, 0.2) is 0 Å². The van der Waals surface area contributed by atoms with E-state index in [1.807, 2.05) is 38.1 Å². The minimum Gasteiger partial charge on any atom is -0.350 e. The van der Waals surface area contributed by atoms with E-state index in [1.54, 1.807) is 11.0 Å². The van der Waals surface area contributed by atoms with E-state index in [4.69, 9.17) is 5.73 Å². The topological polar surface area (TPSA) is 115 Å². The number of hydrogen-bond donors (Lipinski definition) is 3. The maximum absolute atomic E-state index is 11.9. The Balaban J connectivity index is 1.85. The molecule has 1 aromatic carbocycles. The van der Waals surface area contributed by atoms with Crippen LogP contribution in [0.5, 0.6) is 0 Å². The number of rotatable bonds is 8. The zero-order valence-electron chi connectivity index (χ0n) is 14.5. The number of hydrogen-bond acceptors (Lipinski definition) is 5. The summed E-state index contributed by atoms with van der Waals surface area (Å²) >= 11 is 0. The van der Waals surface area contributed by atoms with Crippen LogP contribution < -0.4 is 16.4 Å². The Morgan fingerprint density at radius 1 is 1.20 bits per heavy atom. The van der Waals surface area contributed by atoms with Gasteiger partial charge in [0.05, 0.1) is 19.1 Å².